The summed E-state index contributed by atoms with van der Waals surface area (Å²) in [5.41, 5.74) is 1.49. The number of nitrogens with zero attached hydrogens (tertiary/aromatic N) is 1. The second-order valence-electron chi connectivity index (χ2n) is 4.98. The molecule has 0 amide bonds. The van der Waals surface area contributed by atoms with Crippen LogP contribution in [0.4, 0.5) is 0 Å². The molecular formula is C14H28IN3O. The predicted octanol–water partition coefficient (Wildman–Crippen LogP) is 2.55. The zero-order valence-electron chi connectivity index (χ0n) is 12.4. The monoisotopic (exact) mass is 381 g/mol. The molecule has 0 saturated carbocycles. The molecule has 0 aromatic carbocycles. The average molecular weight is 381 g/mol. The zero-order valence-corrected chi connectivity index (χ0v) is 14.7. The van der Waals surface area contributed by atoms with Gasteiger partial charge in [-0.2, -0.15) is 0 Å². The van der Waals surface area contributed by atoms with Crippen LogP contribution < -0.4 is 10.6 Å². The number of aliphatic imine (C=N–C) groups is 1. The molecule has 112 valence electrons. The molecule has 5 heteroatoms. The number of nitrogens with one attached hydrogen (secondary N) is 2. The van der Waals surface area contributed by atoms with E-state index in [1.165, 1.54) is 5.57 Å². The molecule has 0 aliphatic carbocycles. The summed E-state index contributed by atoms with van der Waals surface area (Å²) in [6.07, 6.45) is 4.35. The minimum absolute atomic E-state index is 0. The highest BCUT2D eigenvalue weighted by Crippen LogP contribution is 2.10. The molecule has 19 heavy (non-hydrogen) atoms. The second kappa shape index (κ2) is 11.5. The van der Waals surface area contributed by atoms with E-state index in [0.29, 0.717) is 5.92 Å². The van der Waals surface area contributed by atoms with Gasteiger partial charge in [-0.1, -0.05) is 25.5 Å². The third-order valence-electron chi connectivity index (χ3n) is 2.75. The van der Waals surface area contributed by atoms with Crippen molar-refractivity contribution in [3.63, 3.8) is 0 Å². The van der Waals surface area contributed by atoms with Gasteiger partial charge < -0.3 is 15.4 Å². The number of hydrogen-bond acceptors (Lipinski definition) is 2. The van der Waals surface area contributed by atoms with Gasteiger partial charge in [0.05, 0.1) is 13.2 Å². The summed E-state index contributed by atoms with van der Waals surface area (Å²) in [6, 6.07) is 0. The predicted molar refractivity (Wildman–Crippen MR) is 92.4 cm³/mol. The smallest absolute Gasteiger partial charge is 0.191 e. The molecule has 0 fully saturated rings. The summed E-state index contributed by atoms with van der Waals surface area (Å²) in [7, 11) is 0. The van der Waals surface area contributed by atoms with E-state index < -0.39 is 0 Å². The minimum Gasteiger partial charge on any atom is -0.377 e. The van der Waals surface area contributed by atoms with E-state index in [1.807, 2.05) is 0 Å². The van der Waals surface area contributed by atoms with Gasteiger partial charge in [-0.05, 0) is 25.7 Å². The third-order valence-corrected chi connectivity index (χ3v) is 2.75. The molecule has 0 saturated heterocycles. The lowest BCUT2D eigenvalue weighted by Crippen LogP contribution is -2.38. The summed E-state index contributed by atoms with van der Waals surface area (Å²) >= 11 is 0. The van der Waals surface area contributed by atoms with Crippen molar-refractivity contribution in [1.29, 1.82) is 0 Å². The van der Waals surface area contributed by atoms with Crippen LogP contribution in [-0.4, -0.2) is 38.8 Å². The fourth-order valence-electron chi connectivity index (χ4n) is 1.75. The van der Waals surface area contributed by atoms with E-state index in [1.54, 1.807) is 0 Å². The van der Waals surface area contributed by atoms with Crippen LogP contribution in [0.2, 0.25) is 0 Å². The molecular weight excluding hydrogens is 353 g/mol. The Hall–Kier alpha value is -0.300. The van der Waals surface area contributed by atoms with Crippen molar-refractivity contribution < 1.29 is 4.74 Å². The van der Waals surface area contributed by atoms with Crippen LogP contribution in [0.3, 0.4) is 0 Å². The quantitative estimate of drug-likeness (QED) is 0.322. The van der Waals surface area contributed by atoms with Gasteiger partial charge in [-0.15, -0.1) is 24.0 Å². The maximum absolute atomic E-state index is 5.30. The van der Waals surface area contributed by atoms with Crippen molar-refractivity contribution in [2.45, 2.75) is 33.6 Å². The van der Waals surface area contributed by atoms with Crippen LogP contribution in [0, 0.1) is 5.92 Å². The molecule has 0 unspecified atom stereocenters. The summed E-state index contributed by atoms with van der Waals surface area (Å²) in [6.45, 7) is 10.8. The van der Waals surface area contributed by atoms with Crippen LogP contribution >= 0.6 is 24.0 Å². The molecule has 0 bridgehead atoms. The Bertz CT molecular complexity index is 290. The van der Waals surface area contributed by atoms with E-state index in [-0.39, 0.29) is 24.0 Å². The summed E-state index contributed by atoms with van der Waals surface area (Å²) in [5.74, 6) is 1.53. The molecule has 1 aliphatic heterocycles. The van der Waals surface area contributed by atoms with E-state index in [2.05, 4.69) is 42.5 Å². The molecule has 1 aliphatic rings. The molecule has 0 aromatic heterocycles. The summed E-state index contributed by atoms with van der Waals surface area (Å²) in [5, 5.41) is 6.65. The van der Waals surface area contributed by atoms with E-state index in [0.717, 1.165) is 51.6 Å². The van der Waals surface area contributed by atoms with Crippen LogP contribution in [0.5, 0.6) is 0 Å². The molecule has 0 spiro atoms. The lowest BCUT2D eigenvalue weighted by molar-refractivity contribution is 0.153. The standard InChI is InChI=1S/C14H27N3O.HI/c1-4-15-14(17-11-12(2)3)16-8-5-13-6-9-18-10-7-13;/h6,12H,4-5,7-11H2,1-3H3,(H2,15,16,17);1H. The van der Waals surface area contributed by atoms with Gasteiger partial charge in [0.15, 0.2) is 5.96 Å². The summed E-state index contributed by atoms with van der Waals surface area (Å²) < 4.78 is 5.30. The maximum atomic E-state index is 5.30. The van der Waals surface area contributed by atoms with Crippen LogP contribution in [0.1, 0.15) is 33.6 Å². The zero-order chi connectivity index (χ0) is 13.2. The Morgan fingerprint density at radius 1 is 1.42 bits per heavy atom. The SMILES string of the molecule is CCNC(=NCC(C)C)NCCC1=CCOCC1.I. The Morgan fingerprint density at radius 2 is 2.21 bits per heavy atom. The topological polar surface area (TPSA) is 45.7 Å². The molecule has 0 radical (unpaired) electrons. The maximum Gasteiger partial charge on any atom is 0.191 e. The molecule has 2 N–H and O–H groups in total. The summed E-state index contributed by atoms with van der Waals surface area (Å²) in [4.78, 5) is 4.55. The Balaban J connectivity index is 0.00000324. The highest BCUT2D eigenvalue weighted by atomic mass is 127. The highest BCUT2D eigenvalue weighted by molar-refractivity contribution is 14.0. The molecule has 0 aromatic rings. The molecule has 1 heterocycles. The first-order chi connectivity index (χ1) is 8.72. The average Bonchev–Trinajstić information content (AvgIpc) is 2.37. The number of halogens is 1. The second-order valence-corrected chi connectivity index (χ2v) is 4.98. The largest absolute Gasteiger partial charge is 0.377 e. The van der Waals surface area contributed by atoms with Crippen molar-refractivity contribution in [2.24, 2.45) is 10.9 Å². The molecule has 4 nitrogen and oxygen atoms in total. The normalized spacial score (nSPS) is 15.8. The lowest BCUT2D eigenvalue weighted by atomic mass is 10.1. The van der Waals surface area contributed by atoms with Crippen molar-refractivity contribution in [1.82, 2.24) is 10.6 Å². The van der Waals surface area contributed by atoms with Gasteiger partial charge in [0.2, 0.25) is 0 Å². The first kappa shape index (κ1) is 18.7. The van der Waals surface area contributed by atoms with Gasteiger partial charge in [0.25, 0.3) is 0 Å². The van der Waals surface area contributed by atoms with Crippen LogP contribution in [0.15, 0.2) is 16.6 Å². The first-order valence-corrected chi connectivity index (χ1v) is 7.00. The fourth-order valence-corrected chi connectivity index (χ4v) is 1.75. The van der Waals surface area contributed by atoms with Gasteiger partial charge in [-0.25, -0.2) is 0 Å². The molecule has 0 atom stereocenters. The van der Waals surface area contributed by atoms with Crippen molar-refractivity contribution in [3.05, 3.63) is 11.6 Å². The third kappa shape index (κ3) is 9.27. The fraction of sp³-hybridized carbons (Fsp3) is 0.786. The highest BCUT2D eigenvalue weighted by Gasteiger charge is 2.04. The van der Waals surface area contributed by atoms with Crippen LogP contribution in [0.25, 0.3) is 0 Å². The van der Waals surface area contributed by atoms with Gasteiger partial charge in [0, 0.05) is 19.6 Å². The van der Waals surface area contributed by atoms with Crippen molar-refractivity contribution in [2.75, 3.05) is 32.8 Å². The number of rotatable bonds is 6. The number of hydrogen-bond donors (Lipinski definition) is 2. The molecule has 1 rings (SSSR count). The Labute approximate surface area is 134 Å². The number of ether oxygens (including phenoxy) is 1. The van der Waals surface area contributed by atoms with Gasteiger partial charge in [0.1, 0.15) is 0 Å². The van der Waals surface area contributed by atoms with E-state index in [9.17, 15) is 0 Å². The Morgan fingerprint density at radius 3 is 2.79 bits per heavy atom. The van der Waals surface area contributed by atoms with Gasteiger partial charge >= 0.3 is 0 Å². The van der Waals surface area contributed by atoms with Crippen LogP contribution in [-0.2, 0) is 4.74 Å². The minimum atomic E-state index is 0. The first-order valence-electron chi connectivity index (χ1n) is 7.00. The number of guanidine groups is 1. The van der Waals surface area contributed by atoms with Crippen molar-refractivity contribution in [3.8, 4) is 0 Å². The Kier molecular flexibility index (Phi) is 11.3. The van der Waals surface area contributed by atoms with E-state index >= 15 is 0 Å². The van der Waals surface area contributed by atoms with E-state index in [4.69, 9.17) is 4.74 Å². The lowest BCUT2D eigenvalue weighted by Gasteiger charge is -2.15. The van der Waals surface area contributed by atoms with Crippen molar-refractivity contribution >= 4 is 29.9 Å². The van der Waals surface area contributed by atoms with Gasteiger partial charge in [-0.3, -0.25) is 4.99 Å².